The maximum atomic E-state index is 12.6. The van der Waals surface area contributed by atoms with Crippen LogP contribution in [0.4, 0.5) is 11.4 Å². The second-order valence-corrected chi connectivity index (χ2v) is 6.99. The molecule has 0 aliphatic heterocycles. The molecular weight excluding hydrogens is 308 g/mol. The van der Waals surface area contributed by atoms with Crippen LogP contribution in [0, 0.1) is 20.8 Å². The van der Waals surface area contributed by atoms with Crippen LogP contribution in [0.3, 0.4) is 0 Å². The third-order valence-electron chi connectivity index (χ3n) is 3.39. The van der Waals surface area contributed by atoms with Gasteiger partial charge in [-0.25, -0.2) is 8.42 Å². The Morgan fingerprint density at radius 2 is 1.67 bits per heavy atom. The summed E-state index contributed by atoms with van der Waals surface area (Å²) in [6.07, 6.45) is 0. The van der Waals surface area contributed by atoms with Gasteiger partial charge >= 0.3 is 0 Å². The Morgan fingerprint density at radius 3 is 2.33 bits per heavy atom. The van der Waals surface area contributed by atoms with Gasteiger partial charge in [0.2, 0.25) is 0 Å². The third kappa shape index (κ3) is 2.99. The summed E-state index contributed by atoms with van der Waals surface area (Å²) in [5.74, 6) is 0. The lowest BCUT2D eigenvalue weighted by Crippen LogP contribution is -2.17. The number of benzene rings is 2. The van der Waals surface area contributed by atoms with Gasteiger partial charge < -0.3 is 5.73 Å². The lowest BCUT2D eigenvalue weighted by atomic mass is 10.1. The number of nitrogens with one attached hydrogen (secondary N) is 1. The Hall–Kier alpha value is -1.72. The first-order valence-electron chi connectivity index (χ1n) is 6.37. The van der Waals surface area contributed by atoms with Gasteiger partial charge in [-0.2, -0.15) is 0 Å². The average molecular weight is 325 g/mol. The minimum atomic E-state index is -3.77. The Labute approximate surface area is 130 Å². The van der Waals surface area contributed by atoms with E-state index in [1.807, 2.05) is 0 Å². The zero-order valence-corrected chi connectivity index (χ0v) is 13.6. The van der Waals surface area contributed by atoms with Crippen molar-refractivity contribution in [1.82, 2.24) is 0 Å². The molecule has 0 aliphatic carbocycles. The Bertz CT molecular complexity index is 802. The fourth-order valence-corrected chi connectivity index (χ4v) is 3.81. The summed E-state index contributed by atoms with van der Waals surface area (Å²) in [7, 11) is -3.77. The predicted octanol–water partition coefficient (Wildman–Crippen LogP) is 3.65. The molecule has 0 heterocycles. The highest BCUT2D eigenvalue weighted by Crippen LogP contribution is 2.30. The van der Waals surface area contributed by atoms with E-state index >= 15 is 0 Å². The highest BCUT2D eigenvalue weighted by Gasteiger charge is 2.22. The normalized spacial score (nSPS) is 11.4. The highest BCUT2D eigenvalue weighted by atomic mass is 35.5. The molecule has 0 saturated carbocycles. The van der Waals surface area contributed by atoms with Crippen LogP contribution in [0.5, 0.6) is 0 Å². The first-order chi connectivity index (χ1) is 9.74. The summed E-state index contributed by atoms with van der Waals surface area (Å²) in [5, 5.41) is 0.504. The summed E-state index contributed by atoms with van der Waals surface area (Å²) in [5.41, 5.74) is 8.66. The summed E-state index contributed by atoms with van der Waals surface area (Å²) in [6, 6.07) is 8.61. The molecule has 0 aromatic heterocycles. The van der Waals surface area contributed by atoms with E-state index in [-0.39, 0.29) is 10.6 Å². The Kier molecular flexibility index (Phi) is 4.16. The zero-order chi connectivity index (χ0) is 15.8. The van der Waals surface area contributed by atoms with Crippen molar-refractivity contribution in [3.63, 3.8) is 0 Å². The maximum absolute atomic E-state index is 12.6. The highest BCUT2D eigenvalue weighted by molar-refractivity contribution is 7.93. The first-order valence-corrected chi connectivity index (χ1v) is 8.24. The lowest BCUT2D eigenvalue weighted by molar-refractivity contribution is 0.601. The van der Waals surface area contributed by atoms with Crippen LogP contribution in [0.25, 0.3) is 0 Å². The molecule has 3 N–H and O–H groups in total. The van der Waals surface area contributed by atoms with Crippen LogP contribution in [0.15, 0.2) is 35.2 Å². The van der Waals surface area contributed by atoms with Gasteiger partial charge in [-0.15, -0.1) is 0 Å². The van der Waals surface area contributed by atoms with Gasteiger partial charge in [0.15, 0.2) is 0 Å². The molecule has 21 heavy (non-hydrogen) atoms. The minimum Gasteiger partial charge on any atom is -0.397 e. The van der Waals surface area contributed by atoms with Crippen LogP contribution in [-0.2, 0) is 10.0 Å². The number of nitrogen functional groups attached to an aromatic ring is 1. The second kappa shape index (κ2) is 5.58. The molecule has 0 atom stereocenters. The number of sulfonamides is 1. The molecule has 6 heteroatoms. The molecular formula is C15H17ClN2O2S. The maximum Gasteiger partial charge on any atom is 0.264 e. The molecule has 0 fully saturated rings. The van der Waals surface area contributed by atoms with Crippen LogP contribution in [0.1, 0.15) is 16.7 Å². The summed E-state index contributed by atoms with van der Waals surface area (Å²) in [4.78, 5) is 0.113. The number of hydrogen-bond acceptors (Lipinski definition) is 3. The molecule has 2 aromatic carbocycles. The predicted molar refractivity (Wildman–Crippen MR) is 87.3 cm³/mol. The Morgan fingerprint density at radius 1 is 1.05 bits per heavy atom. The van der Waals surface area contributed by atoms with Crippen molar-refractivity contribution >= 4 is 33.0 Å². The molecule has 0 amide bonds. The van der Waals surface area contributed by atoms with Gasteiger partial charge in [-0.1, -0.05) is 29.8 Å². The largest absolute Gasteiger partial charge is 0.397 e. The fraction of sp³-hybridized carbons (Fsp3) is 0.200. The van der Waals surface area contributed by atoms with Gasteiger partial charge in [0.1, 0.15) is 4.90 Å². The van der Waals surface area contributed by atoms with E-state index < -0.39 is 10.0 Å². The molecule has 0 spiro atoms. The van der Waals surface area contributed by atoms with Crippen molar-refractivity contribution < 1.29 is 8.42 Å². The van der Waals surface area contributed by atoms with Crippen molar-refractivity contribution in [2.24, 2.45) is 0 Å². The standard InChI is InChI=1S/C15H17ClN2O2S/c1-9-7-8-10(2)15(14(9)17)21(19,20)18-13-6-4-5-12(16)11(13)3/h4-8,18H,17H2,1-3H3. The topological polar surface area (TPSA) is 72.2 Å². The molecule has 0 saturated heterocycles. The average Bonchev–Trinajstić information content (AvgIpc) is 2.39. The SMILES string of the molecule is Cc1ccc(C)c(S(=O)(=O)Nc2cccc(Cl)c2C)c1N. The van der Waals surface area contributed by atoms with Gasteiger partial charge in [-0.3, -0.25) is 4.72 Å². The van der Waals surface area contributed by atoms with Crippen molar-refractivity contribution in [1.29, 1.82) is 0 Å². The molecule has 0 radical (unpaired) electrons. The lowest BCUT2D eigenvalue weighted by Gasteiger charge is -2.15. The molecule has 0 bridgehead atoms. The van der Waals surface area contributed by atoms with Crippen molar-refractivity contribution in [2.45, 2.75) is 25.7 Å². The number of nitrogens with two attached hydrogens (primary N) is 1. The van der Waals surface area contributed by atoms with Gasteiger partial charge in [0.25, 0.3) is 10.0 Å². The number of aryl methyl sites for hydroxylation is 2. The summed E-state index contributed by atoms with van der Waals surface area (Å²) >= 11 is 6.02. The molecule has 0 aliphatic rings. The molecule has 2 rings (SSSR count). The van der Waals surface area contributed by atoms with E-state index in [1.54, 1.807) is 51.1 Å². The van der Waals surface area contributed by atoms with Gasteiger partial charge in [-0.05, 0) is 49.6 Å². The first kappa shape index (κ1) is 15.7. The van der Waals surface area contributed by atoms with E-state index in [1.165, 1.54) is 0 Å². The van der Waals surface area contributed by atoms with E-state index in [4.69, 9.17) is 17.3 Å². The van der Waals surface area contributed by atoms with Crippen molar-refractivity contribution in [2.75, 3.05) is 10.5 Å². The van der Waals surface area contributed by atoms with Crippen molar-refractivity contribution in [3.05, 3.63) is 52.0 Å². The third-order valence-corrected chi connectivity index (χ3v) is 5.37. The van der Waals surface area contributed by atoms with E-state index in [0.717, 1.165) is 5.56 Å². The molecule has 112 valence electrons. The number of anilines is 2. The van der Waals surface area contributed by atoms with E-state index in [2.05, 4.69) is 4.72 Å². The number of halogens is 1. The fourth-order valence-electron chi connectivity index (χ4n) is 2.08. The quantitative estimate of drug-likeness (QED) is 0.846. The smallest absolute Gasteiger partial charge is 0.264 e. The second-order valence-electron chi connectivity index (χ2n) is 4.96. The van der Waals surface area contributed by atoms with Crippen LogP contribution in [-0.4, -0.2) is 8.42 Å². The molecule has 2 aromatic rings. The Balaban J connectivity index is 2.54. The summed E-state index contributed by atoms with van der Waals surface area (Å²) in [6.45, 7) is 5.25. The van der Waals surface area contributed by atoms with Crippen molar-refractivity contribution in [3.8, 4) is 0 Å². The van der Waals surface area contributed by atoms with Gasteiger partial charge in [0, 0.05) is 5.02 Å². The van der Waals surface area contributed by atoms with Crippen LogP contribution >= 0.6 is 11.6 Å². The van der Waals surface area contributed by atoms with E-state index in [0.29, 0.717) is 21.8 Å². The van der Waals surface area contributed by atoms with Crippen LogP contribution in [0.2, 0.25) is 5.02 Å². The monoisotopic (exact) mass is 324 g/mol. The minimum absolute atomic E-state index is 0.113. The van der Waals surface area contributed by atoms with Crippen LogP contribution < -0.4 is 10.5 Å². The zero-order valence-electron chi connectivity index (χ0n) is 12.1. The van der Waals surface area contributed by atoms with E-state index in [9.17, 15) is 8.42 Å². The van der Waals surface area contributed by atoms with Gasteiger partial charge in [0.05, 0.1) is 11.4 Å². The number of rotatable bonds is 3. The number of hydrogen-bond donors (Lipinski definition) is 2. The molecule has 4 nitrogen and oxygen atoms in total. The summed E-state index contributed by atoms with van der Waals surface area (Å²) < 4.78 is 27.8. The molecule has 0 unspecified atom stereocenters.